The number of benzene rings is 1. The Morgan fingerprint density at radius 1 is 1.31 bits per heavy atom. The normalized spacial score (nSPS) is 26.1. The standard InChI is InChI=1S/C14H13NO/c1-15-13-5-3-2-4-11(13)12-8-10(9-16)6-7-14(12)15/h2-9,12,14H,1H3/t12-,14-/m0/s1. The third-order valence-electron chi connectivity index (χ3n) is 3.48. The number of hydrogen-bond donors (Lipinski definition) is 0. The molecule has 1 aromatic carbocycles. The summed E-state index contributed by atoms with van der Waals surface area (Å²) in [5, 5.41) is 0. The van der Waals surface area contributed by atoms with Gasteiger partial charge >= 0.3 is 0 Å². The molecule has 16 heavy (non-hydrogen) atoms. The SMILES string of the molecule is CN1c2ccccc2[C@@H]2C=C(C=O)C=C[C@@H]21. The second-order valence-electron chi connectivity index (χ2n) is 4.33. The van der Waals surface area contributed by atoms with E-state index in [2.05, 4.69) is 48.4 Å². The third kappa shape index (κ3) is 1.16. The Balaban J connectivity index is 2.13. The van der Waals surface area contributed by atoms with Crippen molar-refractivity contribution in [3.63, 3.8) is 0 Å². The van der Waals surface area contributed by atoms with Crippen molar-refractivity contribution in [3.8, 4) is 0 Å². The molecule has 1 aliphatic carbocycles. The van der Waals surface area contributed by atoms with E-state index in [4.69, 9.17) is 0 Å². The maximum Gasteiger partial charge on any atom is 0.149 e. The van der Waals surface area contributed by atoms with Crippen LogP contribution in [0.2, 0.25) is 0 Å². The summed E-state index contributed by atoms with van der Waals surface area (Å²) in [6.07, 6.45) is 7.03. The summed E-state index contributed by atoms with van der Waals surface area (Å²) in [7, 11) is 2.10. The van der Waals surface area contributed by atoms with Gasteiger partial charge in [0, 0.05) is 24.2 Å². The first kappa shape index (κ1) is 9.40. The Bertz CT molecular complexity index is 501. The van der Waals surface area contributed by atoms with Crippen molar-refractivity contribution in [2.45, 2.75) is 12.0 Å². The van der Waals surface area contributed by atoms with E-state index >= 15 is 0 Å². The minimum atomic E-state index is 0.325. The number of hydrogen-bond acceptors (Lipinski definition) is 2. The molecule has 0 spiro atoms. The van der Waals surface area contributed by atoms with Crippen LogP contribution in [0.15, 0.2) is 48.1 Å². The summed E-state index contributed by atoms with van der Waals surface area (Å²) in [5.41, 5.74) is 3.37. The smallest absolute Gasteiger partial charge is 0.149 e. The average molecular weight is 211 g/mol. The van der Waals surface area contributed by atoms with Crippen LogP contribution in [0.25, 0.3) is 0 Å². The molecule has 0 fully saturated rings. The first-order chi connectivity index (χ1) is 7.81. The summed E-state index contributed by atoms with van der Waals surface area (Å²) < 4.78 is 0. The molecule has 0 radical (unpaired) electrons. The number of fused-ring (bicyclic) bond motifs is 3. The van der Waals surface area contributed by atoms with E-state index < -0.39 is 0 Å². The Hall–Kier alpha value is -1.83. The van der Waals surface area contributed by atoms with Crippen molar-refractivity contribution in [2.24, 2.45) is 0 Å². The van der Waals surface area contributed by atoms with Gasteiger partial charge in [-0.2, -0.15) is 0 Å². The fraction of sp³-hybridized carbons (Fsp3) is 0.214. The van der Waals surface area contributed by atoms with Crippen molar-refractivity contribution in [2.75, 3.05) is 11.9 Å². The average Bonchev–Trinajstić information content (AvgIpc) is 2.64. The molecule has 0 saturated heterocycles. The second kappa shape index (κ2) is 3.34. The second-order valence-corrected chi connectivity index (χ2v) is 4.33. The van der Waals surface area contributed by atoms with Crippen LogP contribution in [0.3, 0.4) is 0 Å². The van der Waals surface area contributed by atoms with Crippen LogP contribution in [0.4, 0.5) is 5.69 Å². The zero-order chi connectivity index (χ0) is 11.1. The van der Waals surface area contributed by atoms with Gasteiger partial charge in [0.05, 0.1) is 6.04 Å². The fourth-order valence-electron chi connectivity index (χ4n) is 2.66. The summed E-state index contributed by atoms with van der Waals surface area (Å²) in [6.45, 7) is 0. The van der Waals surface area contributed by atoms with Gasteiger partial charge in [-0.25, -0.2) is 0 Å². The molecule has 0 aromatic heterocycles. The first-order valence-electron chi connectivity index (χ1n) is 5.48. The minimum Gasteiger partial charge on any atom is -0.367 e. The van der Waals surface area contributed by atoms with Crippen molar-refractivity contribution in [3.05, 3.63) is 53.6 Å². The zero-order valence-electron chi connectivity index (χ0n) is 9.13. The third-order valence-corrected chi connectivity index (χ3v) is 3.48. The largest absolute Gasteiger partial charge is 0.367 e. The molecule has 0 bridgehead atoms. The van der Waals surface area contributed by atoms with Crippen molar-refractivity contribution in [1.82, 2.24) is 0 Å². The highest BCUT2D eigenvalue weighted by atomic mass is 16.1. The lowest BCUT2D eigenvalue weighted by Crippen LogP contribution is -2.29. The number of allylic oxidation sites excluding steroid dienone is 2. The summed E-state index contributed by atoms with van der Waals surface area (Å²) in [4.78, 5) is 13.1. The fourth-order valence-corrected chi connectivity index (χ4v) is 2.66. The van der Waals surface area contributed by atoms with E-state index in [0.29, 0.717) is 12.0 Å². The Morgan fingerprint density at radius 2 is 2.12 bits per heavy atom. The van der Waals surface area contributed by atoms with Crippen LogP contribution >= 0.6 is 0 Å². The molecule has 1 aromatic rings. The van der Waals surface area contributed by atoms with E-state index in [1.807, 2.05) is 6.08 Å². The molecule has 2 heteroatoms. The summed E-state index contributed by atoms with van der Waals surface area (Å²) in [5.74, 6) is 0.325. The highest BCUT2D eigenvalue weighted by Crippen LogP contribution is 2.43. The van der Waals surface area contributed by atoms with E-state index in [0.717, 1.165) is 11.9 Å². The van der Waals surface area contributed by atoms with Gasteiger partial charge in [-0.15, -0.1) is 0 Å². The van der Waals surface area contributed by atoms with Gasteiger partial charge < -0.3 is 4.90 Å². The topological polar surface area (TPSA) is 20.3 Å². The van der Waals surface area contributed by atoms with E-state index in [9.17, 15) is 4.79 Å². The monoisotopic (exact) mass is 211 g/mol. The number of likely N-dealkylation sites (N-methyl/N-ethyl adjacent to an activating group) is 1. The molecular weight excluding hydrogens is 198 g/mol. The predicted molar refractivity (Wildman–Crippen MR) is 64.7 cm³/mol. The van der Waals surface area contributed by atoms with Crippen LogP contribution in [0.1, 0.15) is 11.5 Å². The minimum absolute atomic E-state index is 0.325. The molecule has 2 atom stereocenters. The summed E-state index contributed by atoms with van der Waals surface area (Å²) in [6, 6.07) is 8.76. The van der Waals surface area contributed by atoms with Crippen LogP contribution in [-0.4, -0.2) is 19.4 Å². The molecule has 1 heterocycles. The lowest BCUT2D eigenvalue weighted by atomic mass is 9.89. The van der Waals surface area contributed by atoms with Gasteiger partial charge in [-0.05, 0) is 11.6 Å². The number of anilines is 1. The molecule has 0 N–H and O–H groups in total. The van der Waals surface area contributed by atoms with E-state index in [1.54, 1.807) is 0 Å². The van der Waals surface area contributed by atoms with Crippen molar-refractivity contribution < 1.29 is 4.79 Å². The van der Waals surface area contributed by atoms with Gasteiger partial charge in [0.25, 0.3) is 0 Å². The first-order valence-corrected chi connectivity index (χ1v) is 5.48. The highest BCUT2D eigenvalue weighted by molar-refractivity contribution is 5.80. The highest BCUT2D eigenvalue weighted by Gasteiger charge is 2.34. The number of nitrogens with zero attached hydrogens (tertiary/aromatic N) is 1. The lowest BCUT2D eigenvalue weighted by molar-refractivity contribution is -0.104. The molecule has 80 valence electrons. The maximum absolute atomic E-state index is 10.8. The number of rotatable bonds is 1. The van der Waals surface area contributed by atoms with E-state index in [1.165, 1.54) is 11.3 Å². The van der Waals surface area contributed by atoms with Crippen molar-refractivity contribution >= 4 is 12.0 Å². The maximum atomic E-state index is 10.8. The van der Waals surface area contributed by atoms with Gasteiger partial charge in [-0.1, -0.05) is 36.4 Å². The zero-order valence-corrected chi connectivity index (χ0v) is 9.13. The van der Waals surface area contributed by atoms with Gasteiger partial charge in [0.2, 0.25) is 0 Å². The lowest BCUT2D eigenvalue weighted by Gasteiger charge is -2.24. The quantitative estimate of drug-likeness (QED) is 0.664. The molecule has 0 amide bonds. The van der Waals surface area contributed by atoms with Crippen LogP contribution in [-0.2, 0) is 4.79 Å². The number of carbonyl (C=O) groups excluding carboxylic acids is 1. The van der Waals surface area contributed by atoms with Gasteiger partial charge in [0.15, 0.2) is 0 Å². The molecule has 1 aliphatic heterocycles. The molecule has 0 unspecified atom stereocenters. The van der Waals surface area contributed by atoms with Gasteiger partial charge in [-0.3, -0.25) is 4.79 Å². The molecule has 0 saturated carbocycles. The number of carbonyl (C=O) groups is 1. The van der Waals surface area contributed by atoms with E-state index in [-0.39, 0.29) is 0 Å². The summed E-state index contributed by atoms with van der Waals surface area (Å²) >= 11 is 0. The molecule has 3 rings (SSSR count). The van der Waals surface area contributed by atoms with Crippen molar-refractivity contribution in [1.29, 1.82) is 0 Å². The Morgan fingerprint density at radius 3 is 2.94 bits per heavy atom. The Labute approximate surface area is 94.9 Å². The molecule has 2 nitrogen and oxygen atoms in total. The number of para-hydroxylation sites is 1. The van der Waals surface area contributed by atoms with Gasteiger partial charge in [0.1, 0.15) is 6.29 Å². The van der Waals surface area contributed by atoms with Crippen LogP contribution in [0.5, 0.6) is 0 Å². The van der Waals surface area contributed by atoms with Crippen LogP contribution in [0, 0.1) is 0 Å². The van der Waals surface area contributed by atoms with Crippen LogP contribution < -0.4 is 4.90 Å². The Kier molecular flexibility index (Phi) is 1.96. The molecule has 2 aliphatic rings. The number of aldehydes is 1. The predicted octanol–water partition coefficient (Wildman–Crippen LogP) is 2.28. The molecular formula is C14H13NO.